The first kappa shape index (κ1) is 19.2. The van der Waals surface area contributed by atoms with Gasteiger partial charge < -0.3 is 20.7 Å². The molecule has 33 heavy (non-hydrogen) atoms. The highest BCUT2D eigenvalue weighted by Crippen LogP contribution is 2.29. The number of hydrogen-bond acceptors (Lipinski definition) is 7. The summed E-state index contributed by atoms with van der Waals surface area (Å²) in [6.07, 6.45) is 7.86. The van der Waals surface area contributed by atoms with Crippen molar-refractivity contribution < 1.29 is 5.11 Å². The molecule has 0 unspecified atom stereocenters. The van der Waals surface area contributed by atoms with Crippen LogP contribution in [0.25, 0.3) is 11.3 Å². The van der Waals surface area contributed by atoms with Crippen LogP contribution in [0.2, 0.25) is 0 Å². The van der Waals surface area contributed by atoms with Gasteiger partial charge >= 0.3 is 5.69 Å². The Labute approximate surface area is 187 Å². The highest BCUT2D eigenvalue weighted by atomic mass is 16.3. The summed E-state index contributed by atoms with van der Waals surface area (Å²) in [5.74, 6) is 1.31. The third-order valence-electron chi connectivity index (χ3n) is 5.53. The Balaban J connectivity index is 1.34. The van der Waals surface area contributed by atoms with E-state index < -0.39 is 5.69 Å². The van der Waals surface area contributed by atoms with Crippen molar-refractivity contribution in [3.63, 3.8) is 0 Å². The molecule has 1 aliphatic rings. The monoisotopic (exact) mass is 443 g/mol. The third kappa shape index (κ3) is 3.80. The number of nitrogens with one attached hydrogen (secondary N) is 4. The van der Waals surface area contributed by atoms with E-state index in [-0.39, 0.29) is 12.3 Å². The van der Waals surface area contributed by atoms with Crippen LogP contribution in [0.5, 0.6) is 5.88 Å². The van der Waals surface area contributed by atoms with Crippen molar-refractivity contribution in [1.29, 1.82) is 0 Å². The van der Waals surface area contributed by atoms with Gasteiger partial charge in [-0.3, -0.25) is 4.98 Å². The molecule has 11 heteroatoms. The van der Waals surface area contributed by atoms with Gasteiger partial charge in [-0.05, 0) is 43.2 Å². The van der Waals surface area contributed by atoms with Crippen molar-refractivity contribution in [1.82, 2.24) is 34.3 Å². The number of aromatic amines is 2. The molecule has 1 fully saturated rings. The third-order valence-corrected chi connectivity index (χ3v) is 5.53. The smallest absolute Gasteiger partial charge is 0.325 e. The number of nitrogens with zero attached hydrogens (tertiary/aromatic N) is 5. The average molecular weight is 443 g/mol. The van der Waals surface area contributed by atoms with E-state index in [0.717, 1.165) is 35.6 Å². The number of aromatic hydroxyl groups is 1. The van der Waals surface area contributed by atoms with Gasteiger partial charge in [0, 0.05) is 42.2 Å². The maximum atomic E-state index is 11.5. The highest BCUT2D eigenvalue weighted by molar-refractivity contribution is 5.66. The molecule has 0 aliphatic heterocycles. The SMILES string of the molecule is O=c1[nH]c(O)c(Cc2cnn3c(NC4CC4)cc(Nc4ccc(-n5cccn5)cc4)nc23)[nH]1. The van der Waals surface area contributed by atoms with Gasteiger partial charge in [0.05, 0.1) is 17.6 Å². The van der Waals surface area contributed by atoms with Gasteiger partial charge in [-0.2, -0.15) is 14.7 Å². The van der Waals surface area contributed by atoms with Crippen molar-refractivity contribution in [2.75, 3.05) is 10.6 Å². The molecule has 1 saturated carbocycles. The summed E-state index contributed by atoms with van der Waals surface area (Å²) >= 11 is 0. The number of aromatic nitrogens is 7. The first-order valence-electron chi connectivity index (χ1n) is 10.6. The molecule has 0 spiro atoms. The maximum absolute atomic E-state index is 11.5. The van der Waals surface area contributed by atoms with Crippen molar-refractivity contribution in [2.24, 2.45) is 0 Å². The summed E-state index contributed by atoms with van der Waals surface area (Å²) < 4.78 is 3.55. The lowest BCUT2D eigenvalue weighted by atomic mass is 10.2. The molecule has 0 amide bonds. The number of anilines is 3. The van der Waals surface area contributed by atoms with E-state index in [1.165, 1.54) is 0 Å². The van der Waals surface area contributed by atoms with E-state index in [0.29, 0.717) is 23.2 Å². The fraction of sp³-hybridized carbons (Fsp3) is 0.182. The van der Waals surface area contributed by atoms with E-state index in [1.54, 1.807) is 21.6 Å². The number of imidazole rings is 1. The molecule has 5 N–H and O–H groups in total. The molecule has 6 rings (SSSR count). The largest absolute Gasteiger partial charge is 0.493 e. The molecular formula is C22H21N9O2. The van der Waals surface area contributed by atoms with Gasteiger partial charge in [0.25, 0.3) is 0 Å². The number of H-pyrrole nitrogens is 2. The zero-order valence-electron chi connectivity index (χ0n) is 17.5. The average Bonchev–Trinajstić information content (AvgIpc) is 3.17. The minimum absolute atomic E-state index is 0.178. The van der Waals surface area contributed by atoms with Gasteiger partial charge in [-0.25, -0.2) is 14.5 Å². The molecule has 1 aliphatic carbocycles. The van der Waals surface area contributed by atoms with Crippen LogP contribution in [0.3, 0.4) is 0 Å². The second-order valence-electron chi connectivity index (χ2n) is 8.06. The van der Waals surface area contributed by atoms with E-state index in [4.69, 9.17) is 4.98 Å². The molecule has 5 aromatic rings. The second kappa shape index (κ2) is 7.55. The minimum atomic E-state index is -0.455. The second-order valence-corrected chi connectivity index (χ2v) is 8.06. The Hall–Kier alpha value is -4.54. The zero-order chi connectivity index (χ0) is 22.4. The van der Waals surface area contributed by atoms with Crippen LogP contribution < -0.4 is 16.3 Å². The summed E-state index contributed by atoms with van der Waals surface area (Å²) in [5.41, 5.74) is 3.19. The molecule has 0 atom stereocenters. The summed E-state index contributed by atoms with van der Waals surface area (Å²) in [6, 6.07) is 12.1. The van der Waals surface area contributed by atoms with Gasteiger partial charge in [-0.15, -0.1) is 0 Å². The van der Waals surface area contributed by atoms with Gasteiger partial charge in [0.1, 0.15) is 11.6 Å². The quantitative estimate of drug-likeness (QED) is 0.260. The molecule has 0 radical (unpaired) electrons. The van der Waals surface area contributed by atoms with E-state index in [9.17, 15) is 9.90 Å². The van der Waals surface area contributed by atoms with Crippen molar-refractivity contribution in [3.05, 3.63) is 76.7 Å². The van der Waals surface area contributed by atoms with Crippen LogP contribution in [-0.4, -0.2) is 45.5 Å². The van der Waals surface area contributed by atoms with Crippen LogP contribution in [-0.2, 0) is 6.42 Å². The van der Waals surface area contributed by atoms with Crippen LogP contribution in [0.4, 0.5) is 17.3 Å². The van der Waals surface area contributed by atoms with Gasteiger partial charge in [0.2, 0.25) is 5.88 Å². The Kier molecular flexibility index (Phi) is 4.39. The first-order valence-corrected chi connectivity index (χ1v) is 10.6. The van der Waals surface area contributed by atoms with Crippen molar-refractivity contribution in [3.8, 4) is 11.6 Å². The predicted octanol–water partition coefficient (Wildman–Crippen LogP) is 2.55. The molecular weight excluding hydrogens is 422 g/mol. The van der Waals surface area contributed by atoms with Gasteiger partial charge in [0.15, 0.2) is 5.65 Å². The van der Waals surface area contributed by atoms with Crippen LogP contribution in [0.1, 0.15) is 24.1 Å². The summed E-state index contributed by atoms with van der Waals surface area (Å²) in [5, 5.41) is 25.6. The Morgan fingerprint density at radius 2 is 2.00 bits per heavy atom. The summed E-state index contributed by atoms with van der Waals surface area (Å²) in [4.78, 5) is 21.2. The molecule has 1 aromatic carbocycles. The number of rotatable bonds is 7. The van der Waals surface area contributed by atoms with Crippen molar-refractivity contribution >= 4 is 23.0 Å². The molecule has 11 nitrogen and oxygen atoms in total. The zero-order valence-corrected chi connectivity index (χ0v) is 17.5. The molecule has 166 valence electrons. The highest BCUT2D eigenvalue weighted by Gasteiger charge is 2.23. The minimum Gasteiger partial charge on any atom is -0.493 e. The maximum Gasteiger partial charge on any atom is 0.325 e. The van der Waals surface area contributed by atoms with E-state index in [2.05, 4.69) is 30.8 Å². The molecule has 4 aromatic heterocycles. The number of hydrogen-bond donors (Lipinski definition) is 5. The molecule has 0 saturated heterocycles. The Bertz CT molecular complexity index is 1470. The fourth-order valence-corrected chi connectivity index (χ4v) is 3.73. The first-order chi connectivity index (χ1) is 16.1. The van der Waals surface area contributed by atoms with Crippen LogP contribution in [0.15, 0.2) is 59.8 Å². The Morgan fingerprint density at radius 3 is 2.70 bits per heavy atom. The summed E-state index contributed by atoms with van der Waals surface area (Å²) in [7, 11) is 0. The normalized spacial score (nSPS) is 13.5. The fourth-order valence-electron chi connectivity index (χ4n) is 3.73. The van der Waals surface area contributed by atoms with E-state index in [1.807, 2.05) is 42.6 Å². The van der Waals surface area contributed by atoms with Crippen molar-refractivity contribution in [2.45, 2.75) is 25.3 Å². The topological polar surface area (TPSA) is 141 Å². The standard InChI is InChI=1S/C22H21N9O2/c32-21-17(27-22(33)29-21)10-13-12-24-31-19(26-15-2-3-15)11-18(28-20(13)31)25-14-4-6-16(7-5-14)30-9-1-8-23-30/h1,4-9,11-12,15,26,32H,2-3,10H2,(H,25,28)(H2,27,29,33). The molecule has 4 heterocycles. The lowest BCUT2D eigenvalue weighted by Gasteiger charge is -2.12. The molecule has 0 bridgehead atoms. The Morgan fingerprint density at radius 1 is 1.15 bits per heavy atom. The lowest BCUT2D eigenvalue weighted by molar-refractivity contribution is 0.450. The van der Waals surface area contributed by atoms with Crippen LogP contribution in [0, 0.1) is 0 Å². The lowest BCUT2D eigenvalue weighted by Crippen LogP contribution is -2.09. The van der Waals surface area contributed by atoms with Gasteiger partial charge in [-0.1, -0.05) is 0 Å². The summed E-state index contributed by atoms with van der Waals surface area (Å²) in [6.45, 7) is 0. The van der Waals surface area contributed by atoms with E-state index >= 15 is 0 Å². The van der Waals surface area contributed by atoms with Crippen LogP contribution >= 0.6 is 0 Å². The number of benzene rings is 1. The predicted molar refractivity (Wildman–Crippen MR) is 122 cm³/mol. The number of fused-ring (bicyclic) bond motifs is 1.